The van der Waals surface area contributed by atoms with E-state index in [1.807, 2.05) is 23.6 Å². The van der Waals surface area contributed by atoms with Gasteiger partial charge < -0.3 is 10.0 Å². The first-order valence-electron chi connectivity index (χ1n) is 6.35. The van der Waals surface area contributed by atoms with Crippen molar-refractivity contribution in [3.05, 3.63) is 28.5 Å². The van der Waals surface area contributed by atoms with Gasteiger partial charge >= 0.3 is 0 Å². The first-order chi connectivity index (χ1) is 8.68. The van der Waals surface area contributed by atoms with Gasteiger partial charge in [-0.25, -0.2) is 0 Å². The van der Waals surface area contributed by atoms with Gasteiger partial charge in [-0.3, -0.25) is 4.79 Å². The van der Waals surface area contributed by atoms with Crippen LogP contribution in [-0.4, -0.2) is 35.1 Å². The molecule has 1 fully saturated rings. The Hall–Kier alpha value is -1.13. The summed E-state index contributed by atoms with van der Waals surface area (Å²) in [5.74, 6) is -0.0330. The molecule has 98 valence electrons. The Balaban J connectivity index is 1.95. The van der Waals surface area contributed by atoms with E-state index in [1.54, 1.807) is 29.4 Å². The van der Waals surface area contributed by atoms with Crippen LogP contribution < -0.4 is 0 Å². The Bertz CT molecular complexity index is 413. The molecular weight excluding hydrogens is 246 g/mol. The van der Waals surface area contributed by atoms with Crippen molar-refractivity contribution in [2.45, 2.75) is 37.8 Å². The number of nitrogens with zero attached hydrogens (tertiary/aromatic N) is 1. The topological polar surface area (TPSA) is 40.5 Å². The molecule has 2 unspecified atom stereocenters. The van der Waals surface area contributed by atoms with Gasteiger partial charge in [0, 0.05) is 18.0 Å². The highest BCUT2D eigenvalue weighted by Gasteiger charge is 2.28. The number of likely N-dealkylation sites (N-methyl/N-ethyl adjacent to an activating group) is 1. The molecule has 0 aromatic carbocycles. The van der Waals surface area contributed by atoms with Gasteiger partial charge in [-0.15, -0.1) is 11.3 Å². The lowest BCUT2D eigenvalue weighted by Gasteiger charge is -2.34. The van der Waals surface area contributed by atoms with E-state index in [9.17, 15) is 9.90 Å². The van der Waals surface area contributed by atoms with Crippen LogP contribution in [0.5, 0.6) is 0 Å². The largest absolute Gasteiger partial charge is 0.391 e. The maximum Gasteiger partial charge on any atom is 0.246 e. The molecule has 1 N–H and O–H groups in total. The zero-order valence-electron chi connectivity index (χ0n) is 10.6. The summed E-state index contributed by atoms with van der Waals surface area (Å²) in [6, 6.07) is 3.91. The number of hydrogen-bond acceptors (Lipinski definition) is 3. The van der Waals surface area contributed by atoms with E-state index in [-0.39, 0.29) is 18.1 Å². The standard InChI is InChI=1S/C14H19NO2S/c1-15(12-6-2-3-7-13(12)16)14(17)9-8-11-5-4-10-18-11/h4-5,8-10,12-13,16H,2-3,6-7H2,1H3/b9-8+. The minimum Gasteiger partial charge on any atom is -0.391 e. The van der Waals surface area contributed by atoms with Crippen LogP contribution in [-0.2, 0) is 4.79 Å². The van der Waals surface area contributed by atoms with Crippen molar-refractivity contribution in [2.75, 3.05) is 7.05 Å². The number of amides is 1. The maximum absolute atomic E-state index is 12.0. The van der Waals surface area contributed by atoms with Crippen molar-refractivity contribution in [1.82, 2.24) is 4.90 Å². The lowest BCUT2D eigenvalue weighted by Crippen LogP contribution is -2.45. The molecule has 0 radical (unpaired) electrons. The summed E-state index contributed by atoms with van der Waals surface area (Å²) in [7, 11) is 1.78. The Morgan fingerprint density at radius 1 is 1.50 bits per heavy atom. The first kappa shape index (κ1) is 13.3. The summed E-state index contributed by atoms with van der Waals surface area (Å²) < 4.78 is 0. The van der Waals surface area contributed by atoms with Crippen LogP contribution in [0.2, 0.25) is 0 Å². The van der Waals surface area contributed by atoms with Gasteiger partial charge in [-0.05, 0) is 30.4 Å². The molecule has 1 aromatic heterocycles. The third-order valence-corrected chi connectivity index (χ3v) is 4.31. The second kappa shape index (κ2) is 6.16. The summed E-state index contributed by atoms with van der Waals surface area (Å²) in [5, 5.41) is 11.9. The quantitative estimate of drug-likeness (QED) is 0.853. The van der Waals surface area contributed by atoms with Crippen LogP contribution >= 0.6 is 11.3 Å². The number of hydrogen-bond donors (Lipinski definition) is 1. The molecule has 1 aromatic rings. The van der Waals surface area contributed by atoms with Crippen molar-refractivity contribution in [2.24, 2.45) is 0 Å². The average molecular weight is 265 g/mol. The van der Waals surface area contributed by atoms with Crippen LogP contribution in [0.15, 0.2) is 23.6 Å². The predicted molar refractivity (Wildman–Crippen MR) is 74.4 cm³/mol. The van der Waals surface area contributed by atoms with E-state index >= 15 is 0 Å². The molecule has 2 rings (SSSR count). The smallest absolute Gasteiger partial charge is 0.246 e. The van der Waals surface area contributed by atoms with Crippen LogP contribution in [0.1, 0.15) is 30.6 Å². The number of aliphatic hydroxyl groups is 1. The van der Waals surface area contributed by atoms with Crippen LogP contribution in [0.4, 0.5) is 0 Å². The van der Waals surface area contributed by atoms with Crippen molar-refractivity contribution < 1.29 is 9.90 Å². The molecule has 3 nitrogen and oxygen atoms in total. The molecule has 0 aliphatic heterocycles. The maximum atomic E-state index is 12.0. The van der Waals surface area contributed by atoms with Crippen molar-refractivity contribution in [1.29, 1.82) is 0 Å². The average Bonchev–Trinajstić information content (AvgIpc) is 2.89. The Kier molecular flexibility index (Phi) is 4.55. The van der Waals surface area contributed by atoms with Gasteiger partial charge in [0.15, 0.2) is 0 Å². The molecule has 1 saturated carbocycles. The monoisotopic (exact) mass is 265 g/mol. The Morgan fingerprint density at radius 2 is 2.28 bits per heavy atom. The minimum absolute atomic E-state index is 0.0285. The van der Waals surface area contributed by atoms with E-state index in [0.717, 1.165) is 30.6 Å². The fourth-order valence-electron chi connectivity index (χ4n) is 2.36. The fraction of sp³-hybridized carbons (Fsp3) is 0.500. The van der Waals surface area contributed by atoms with Gasteiger partial charge in [0.1, 0.15) is 0 Å². The number of rotatable bonds is 3. The predicted octanol–water partition coefficient (Wildman–Crippen LogP) is 2.52. The minimum atomic E-state index is -0.372. The SMILES string of the molecule is CN(C(=O)/C=C/c1cccs1)C1CCCCC1O. The second-order valence-electron chi connectivity index (χ2n) is 4.72. The van der Waals surface area contributed by atoms with Gasteiger partial charge in [0.05, 0.1) is 12.1 Å². The summed E-state index contributed by atoms with van der Waals surface area (Å²) in [6.45, 7) is 0. The molecule has 1 aliphatic carbocycles. The molecule has 0 spiro atoms. The van der Waals surface area contributed by atoms with Crippen molar-refractivity contribution in [3.8, 4) is 0 Å². The van der Waals surface area contributed by atoms with Gasteiger partial charge in [-0.1, -0.05) is 18.9 Å². The summed E-state index contributed by atoms with van der Waals surface area (Å²) in [6.07, 6.45) is 6.90. The van der Waals surface area contributed by atoms with E-state index in [2.05, 4.69) is 0 Å². The van der Waals surface area contributed by atoms with Gasteiger partial charge in [-0.2, -0.15) is 0 Å². The molecule has 1 amide bonds. The van der Waals surface area contributed by atoms with Crippen LogP contribution in [0, 0.1) is 0 Å². The molecule has 1 aliphatic rings. The zero-order chi connectivity index (χ0) is 13.0. The van der Waals surface area contributed by atoms with E-state index < -0.39 is 0 Å². The lowest BCUT2D eigenvalue weighted by atomic mass is 9.91. The molecule has 0 saturated heterocycles. The van der Waals surface area contributed by atoms with Crippen LogP contribution in [0.3, 0.4) is 0 Å². The normalized spacial score (nSPS) is 24.3. The Labute approximate surface area is 112 Å². The van der Waals surface area contributed by atoms with Gasteiger partial charge in [0.2, 0.25) is 5.91 Å². The summed E-state index contributed by atoms with van der Waals surface area (Å²) in [4.78, 5) is 14.8. The third-order valence-electron chi connectivity index (χ3n) is 3.47. The summed E-state index contributed by atoms with van der Waals surface area (Å²) >= 11 is 1.61. The molecule has 4 heteroatoms. The van der Waals surface area contributed by atoms with E-state index in [4.69, 9.17) is 0 Å². The second-order valence-corrected chi connectivity index (χ2v) is 5.70. The number of aliphatic hydroxyl groups excluding tert-OH is 1. The molecular formula is C14H19NO2S. The lowest BCUT2D eigenvalue weighted by molar-refractivity contribution is -0.130. The first-order valence-corrected chi connectivity index (χ1v) is 7.23. The molecule has 18 heavy (non-hydrogen) atoms. The molecule has 2 atom stereocenters. The summed E-state index contributed by atoms with van der Waals surface area (Å²) in [5.41, 5.74) is 0. The van der Waals surface area contributed by atoms with E-state index in [0.29, 0.717) is 0 Å². The highest BCUT2D eigenvalue weighted by Crippen LogP contribution is 2.22. The third kappa shape index (κ3) is 3.21. The van der Waals surface area contributed by atoms with Crippen LogP contribution in [0.25, 0.3) is 6.08 Å². The van der Waals surface area contributed by atoms with E-state index in [1.165, 1.54) is 0 Å². The van der Waals surface area contributed by atoms with Crippen molar-refractivity contribution in [3.63, 3.8) is 0 Å². The fourth-order valence-corrected chi connectivity index (χ4v) is 2.98. The number of carbonyl (C=O) groups excluding carboxylic acids is 1. The van der Waals surface area contributed by atoms with Crippen molar-refractivity contribution >= 4 is 23.3 Å². The van der Waals surface area contributed by atoms with Gasteiger partial charge in [0.25, 0.3) is 0 Å². The highest BCUT2D eigenvalue weighted by molar-refractivity contribution is 7.10. The Morgan fingerprint density at radius 3 is 2.94 bits per heavy atom. The highest BCUT2D eigenvalue weighted by atomic mass is 32.1. The number of thiophene rings is 1. The number of carbonyl (C=O) groups is 1. The molecule has 1 heterocycles. The molecule has 0 bridgehead atoms. The zero-order valence-corrected chi connectivity index (χ0v) is 11.4.